The Morgan fingerprint density at radius 2 is 2.09 bits per heavy atom. The molecule has 1 amide bonds. The maximum atomic E-state index is 13.1. The maximum Gasteiger partial charge on any atom is 0.341 e. The van der Waals surface area contributed by atoms with Crippen molar-refractivity contribution in [1.29, 1.82) is 0 Å². The minimum absolute atomic E-state index is 0.0995. The summed E-state index contributed by atoms with van der Waals surface area (Å²) in [6.07, 6.45) is 5.21. The van der Waals surface area contributed by atoms with E-state index in [-0.39, 0.29) is 24.0 Å². The van der Waals surface area contributed by atoms with Gasteiger partial charge in [-0.1, -0.05) is 0 Å². The standard InChI is InChI=1S/C21H28N4O5S2/c1-4-30-21(27)18-15-8-5-9-16(15)31-20(18)23-19(26)14-7-6-10-25(12-14)32(28,29)17-11-22-24(3)13(17)2/h11,14H,4-10,12H2,1-3H3,(H,23,26). The van der Waals surface area contributed by atoms with Crippen LogP contribution < -0.4 is 5.32 Å². The number of fused-ring (bicyclic) bond motifs is 1. The van der Waals surface area contributed by atoms with Gasteiger partial charge >= 0.3 is 5.97 Å². The van der Waals surface area contributed by atoms with Gasteiger partial charge in [0.05, 0.1) is 30.0 Å². The second-order valence-corrected chi connectivity index (χ2v) is 11.2. The fraction of sp³-hybridized carbons (Fsp3) is 0.571. The molecule has 0 bridgehead atoms. The van der Waals surface area contributed by atoms with E-state index in [4.69, 9.17) is 4.74 Å². The van der Waals surface area contributed by atoms with Crippen molar-refractivity contribution in [2.45, 2.75) is 50.8 Å². The lowest BCUT2D eigenvalue weighted by Crippen LogP contribution is -2.43. The van der Waals surface area contributed by atoms with E-state index in [0.717, 1.165) is 29.7 Å². The number of carbonyl (C=O) groups is 2. The molecule has 0 aromatic carbocycles. The first kappa shape index (κ1) is 22.9. The molecule has 1 aliphatic carbocycles. The Morgan fingerprint density at radius 1 is 1.31 bits per heavy atom. The zero-order valence-electron chi connectivity index (χ0n) is 18.5. The fourth-order valence-corrected chi connectivity index (χ4v) is 7.36. The van der Waals surface area contributed by atoms with Gasteiger partial charge in [-0.2, -0.15) is 9.40 Å². The van der Waals surface area contributed by atoms with Gasteiger partial charge < -0.3 is 10.1 Å². The number of aryl methyl sites for hydroxylation is 2. The number of piperidine rings is 1. The van der Waals surface area contributed by atoms with Crippen LogP contribution in [0.2, 0.25) is 0 Å². The van der Waals surface area contributed by atoms with Crippen LogP contribution in [0.5, 0.6) is 0 Å². The molecule has 3 heterocycles. The number of amides is 1. The summed E-state index contributed by atoms with van der Waals surface area (Å²) in [4.78, 5) is 26.9. The minimum Gasteiger partial charge on any atom is -0.462 e. The Labute approximate surface area is 191 Å². The van der Waals surface area contributed by atoms with Crippen molar-refractivity contribution in [2.24, 2.45) is 13.0 Å². The van der Waals surface area contributed by atoms with Crippen molar-refractivity contribution in [3.63, 3.8) is 0 Å². The number of nitrogens with zero attached hydrogens (tertiary/aromatic N) is 3. The second-order valence-electron chi connectivity index (χ2n) is 8.19. The highest BCUT2D eigenvalue weighted by Gasteiger charge is 2.36. The average Bonchev–Trinajstić information content (AvgIpc) is 3.43. The number of rotatable bonds is 6. The van der Waals surface area contributed by atoms with Crippen molar-refractivity contribution in [1.82, 2.24) is 14.1 Å². The van der Waals surface area contributed by atoms with E-state index in [1.54, 1.807) is 20.9 Å². The molecule has 1 atom stereocenters. The van der Waals surface area contributed by atoms with E-state index in [1.165, 1.54) is 26.5 Å². The predicted octanol–water partition coefficient (Wildman–Crippen LogP) is 2.49. The van der Waals surface area contributed by atoms with Crippen LogP contribution in [0.4, 0.5) is 5.00 Å². The summed E-state index contributed by atoms with van der Waals surface area (Å²) in [5.74, 6) is -1.18. The monoisotopic (exact) mass is 480 g/mol. The zero-order chi connectivity index (χ0) is 23.0. The van der Waals surface area contributed by atoms with E-state index < -0.39 is 21.9 Å². The molecule has 32 heavy (non-hydrogen) atoms. The Morgan fingerprint density at radius 3 is 2.78 bits per heavy atom. The number of hydrogen-bond acceptors (Lipinski definition) is 7. The molecule has 2 aromatic heterocycles. The van der Waals surface area contributed by atoms with Crippen LogP contribution in [0, 0.1) is 12.8 Å². The van der Waals surface area contributed by atoms with Gasteiger partial charge in [0.15, 0.2) is 0 Å². The highest BCUT2D eigenvalue weighted by atomic mass is 32.2. The molecule has 1 fully saturated rings. The molecule has 9 nitrogen and oxygen atoms in total. The average molecular weight is 481 g/mol. The number of aromatic nitrogens is 2. The number of esters is 1. The third-order valence-corrected chi connectivity index (χ3v) is 9.38. The zero-order valence-corrected chi connectivity index (χ0v) is 20.1. The van der Waals surface area contributed by atoms with Gasteiger partial charge in [0, 0.05) is 25.0 Å². The highest BCUT2D eigenvalue weighted by Crippen LogP contribution is 2.40. The third kappa shape index (κ3) is 4.08. The van der Waals surface area contributed by atoms with Crippen molar-refractivity contribution < 1.29 is 22.7 Å². The van der Waals surface area contributed by atoms with Crippen molar-refractivity contribution >= 4 is 38.2 Å². The summed E-state index contributed by atoms with van der Waals surface area (Å²) in [7, 11) is -2.04. The lowest BCUT2D eigenvalue weighted by atomic mass is 9.99. The van der Waals surface area contributed by atoms with E-state index in [1.807, 2.05) is 0 Å². The minimum atomic E-state index is -3.74. The fourth-order valence-electron chi connectivity index (χ4n) is 4.37. The molecule has 0 spiro atoms. The number of nitrogens with one attached hydrogen (secondary N) is 1. The molecular formula is C21H28N4O5S2. The molecule has 4 rings (SSSR count). The molecule has 1 saturated heterocycles. The largest absolute Gasteiger partial charge is 0.462 e. The van der Waals surface area contributed by atoms with E-state index in [9.17, 15) is 18.0 Å². The topological polar surface area (TPSA) is 111 Å². The SMILES string of the molecule is CCOC(=O)c1c(NC(=O)C2CCCN(S(=O)(=O)c3cnn(C)c3C)C2)sc2c1CCC2. The number of hydrogen-bond donors (Lipinski definition) is 1. The second kappa shape index (κ2) is 8.95. The summed E-state index contributed by atoms with van der Waals surface area (Å²) in [6, 6.07) is 0. The molecule has 1 aliphatic heterocycles. The quantitative estimate of drug-likeness (QED) is 0.636. The van der Waals surface area contributed by atoms with Crippen LogP contribution in [-0.2, 0) is 39.4 Å². The van der Waals surface area contributed by atoms with E-state index in [0.29, 0.717) is 35.6 Å². The first-order valence-electron chi connectivity index (χ1n) is 10.8. The van der Waals surface area contributed by atoms with Gasteiger partial charge in [0.1, 0.15) is 9.90 Å². The van der Waals surface area contributed by atoms with E-state index >= 15 is 0 Å². The number of ether oxygens (including phenoxy) is 1. The van der Waals surface area contributed by atoms with Crippen molar-refractivity contribution in [2.75, 3.05) is 25.0 Å². The lowest BCUT2D eigenvalue weighted by Gasteiger charge is -2.31. The molecule has 1 N–H and O–H groups in total. The molecule has 1 unspecified atom stereocenters. The van der Waals surface area contributed by atoms with E-state index in [2.05, 4.69) is 10.4 Å². The van der Waals surface area contributed by atoms with Gasteiger partial charge in [-0.05, 0) is 51.5 Å². The van der Waals surface area contributed by atoms with Gasteiger partial charge in [-0.15, -0.1) is 11.3 Å². The first-order chi connectivity index (χ1) is 15.2. The number of carbonyl (C=O) groups excluding carboxylic acids is 2. The van der Waals surface area contributed by atoms with Gasteiger partial charge in [-0.25, -0.2) is 13.2 Å². The summed E-state index contributed by atoms with van der Waals surface area (Å²) in [5.41, 5.74) is 2.00. The van der Waals surface area contributed by atoms with Gasteiger partial charge in [0.2, 0.25) is 15.9 Å². The Kier molecular flexibility index (Phi) is 6.42. The smallest absolute Gasteiger partial charge is 0.341 e. The Bertz CT molecular complexity index is 1150. The molecule has 2 aromatic rings. The van der Waals surface area contributed by atoms with Crippen LogP contribution in [0.3, 0.4) is 0 Å². The Balaban J connectivity index is 1.52. The van der Waals surface area contributed by atoms with Crippen molar-refractivity contribution in [3.8, 4) is 0 Å². The van der Waals surface area contributed by atoms with Gasteiger partial charge in [0.25, 0.3) is 0 Å². The molecule has 2 aliphatic rings. The summed E-state index contributed by atoms with van der Waals surface area (Å²) >= 11 is 1.43. The highest BCUT2D eigenvalue weighted by molar-refractivity contribution is 7.89. The normalized spacial score (nSPS) is 19.0. The van der Waals surface area contributed by atoms with Crippen LogP contribution >= 0.6 is 11.3 Å². The maximum absolute atomic E-state index is 13.1. The van der Waals surface area contributed by atoms with Crippen LogP contribution in [0.15, 0.2) is 11.1 Å². The number of anilines is 1. The number of thiophene rings is 1. The van der Waals surface area contributed by atoms with Crippen LogP contribution in [-0.4, -0.2) is 54.1 Å². The summed E-state index contributed by atoms with van der Waals surface area (Å²) in [6.45, 7) is 4.19. The first-order valence-corrected chi connectivity index (χ1v) is 13.1. The van der Waals surface area contributed by atoms with Crippen LogP contribution in [0.1, 0.15) is 52.7 Å². The molecule has 11 heteroatoms. The van der Waals surface area contributed by atoms with Crippen molar-refractivity contribution in [3.05, 3.63) is 27.9 Å². The van der Waals surface area contributed by atoms with Crippen LogP contribution in [0.25, 0.3) is 0 Å². The third-order valence-electron chi connectivity index (χ3n) is 6.20. The molecule has 0 saturated carbocycles. The van der Waals surface area contributed by atoms with Gasteiger partial charge in [-0.3, -0.25) is 9.48 Å². The summed E-state index contributed by atoms with van der Waals surface area (Å²) in [5, 5.41) is 7.47. The molecule has 0 radical (unpaired) electrons. The Hall–Kier alpha value is -2.24. The molecular weight excluding hydrogens is 452 g/mol. The lowest BCUT2D eigenvalue weighted by molar-refractivity contribution is -0.120. The number of sulfonamides is 1. The predicted molar refractivity (Wildman–Crippen MR) is 120 cm³/mol. The molecule has 174 valence electrons. The summed E-state index contributed by atoms with van der Waals surface area (Å²) < 4.78 is 34.4.